The van der Waals surface area contributed by atoms with Crippen LogP contribution in [0.25, 0.3) is 0 Å². The van der Waals surface area contributed by atoms with Crippen molar-refractivity contribution in [2.75, 3.05) is 21.2 Å². The normalized spacial score (nSPS) is 35.4. The van der Waals surface area contributed by atoms with Crippen LogP contribution in [0.1, 0.15) is 121 Å². The second-order valence-electron chi connectivity index (χ2n) is 16.8. The lowest BCUT2D eigenvalue weighted by molar-refractivity contribution is -0.324. The number of carbonyl (C=O) groups is 5. The number of phenolic OH excluding ortho intramolecular Hbond substituents is 2. The summed E-state index contributed by atoms with van der Waals surface area (Å²) in [5.74, 6) is -5.68. The number of nitrogens with zero attached hydrogens (tertiary/aromatic N) is 1. The molecule has 60 heavy (non-hydrogen) atoms. The fourth-order valence-electron chi connectivity index (χ4n) is 9.53. The summed E-state index contributed by atoms with van der Waals surface area (Å²) in [6.45, 7) is 6.44. The highest BCUT2D eigenvalue weighted by Gasteiger charge is 2.55. The molecule has 0 aromatic heterocycles. The van der Waals surface area contributed by atoms with E-state index >= 15 is 0 Å². The van der Waals surface area contributed by atoms with E-state index in [0.29, 0.717) is 12.8 Å². The number of ketones is 4. The Labute approximate surface area is 346 Å². The Morgan fingerprint density at radius 2 is 1.55 bits per heavy atom. The molecule has 0 bridgehead atoms. The number of hydrogen-bond donors (Lipinski definition) is 4. The number of benzene rings is 2. The third-order valence-corrected chi connectivity index (χ3v) is 12.4. The minimum atomic E-state index is -2.13. The monoisotopic (exact) mass is 839 g/mol. The first kappa shape index (κ1) is 43.9. The maximum absolute atomic E-state index is 14.0. The van der Waals surface area contributed by atoms with Crippen LogP contribution in [0, 0.1) is 0 Å². The Bertz CT molecular complexity index is 2040. The molecule has 0 unspecified atom stereocenters. The van der Waals surface area contributed by atoms with E-state index in [2.05, 4.69) is 0 Å². The molecule has 17 heteroatoms. The Kier molecular flexibility index (Phi) is 12.4. The fourth-order valence-corrected chi connectivity index (χ4v) is 9.53. The predicted molar refractivity (Wildman–Crippen MR) is 206 cm³/mol. The molecule has 0 saturated carbocycles. The largest absolute Gasteiger partial charge is 0.507 e. The molecule has 2 aromatic rings. The molecular formula is C43H53NO16. The molecule has 5 aliphatic rings. The third kappa shape index (κ3) is 8.02. The van der Waals surface area contributed by atoms with Gasteiger partial charge in [0.15, 0.2) is 30.4 Å². The number of aliphatic hydroxyl groups is 2. The number of esters is 1. The molecule has 0 radical (unpaired) electrons. The van der Waals surface area contributed by atoms with Gasteiger partial charge in [-0.25, -0.2) is 0 Å². The lowest BCUT2D eigenvalue weighted by atomic mass is 9.66. The van der Waals surface area contributed by atoms with Crippen molar-refractivity contribution >= 4 is 29.1 Å². The van der Waals surface area contributed by atoms with Crippen LogP contribution in [0.15, 0.2) is 24.3 Å². The number of carbonyl (C=O) groups excluding carboxylic acids is 5. The van der Waals surface area contributed by atoms with Gasteiger partial charge in [0.05, 0.1) is 48.3 Å². The van der Waals surface area contributed by atoms with Gasteiger partial charge in [-0.2, -0.15) is 0 Å². The standard InChI is InChI=1S/C43H53NO16/c1-18(45)16-43(53)17-29(34-23(36(43)42(52)54-7)13-24-35(39(34)51)38(50)33-22(37(24)49)9-8-10-27(33)47)58-31-14-25(44(5)6)40(20(3)56-31)60-32-15-28(48)41(21(4)57-32)59-30-12-11-26(46)19(2)55-30/h8-10,13,19-21,25,28-32,36,40-41,47-48,51,53H,11-12,14-17H2,1-7H3/t19-,20-,21-,25-,28-,29-,30+,31-,32-,36-,40+,41+,43-/m0/s1. The van der Waals surface area contributed by atoms with E-state index in [-0.39, 0.29) is 46.4 Å². The number of likely N-dealkylation sites (N-methyl/N-ethyl adjacent to an activating group) is 1. The average Bonchev–Trinajstić information content (AvgIpc) is 3.16. The van der Waals surface area contributed by atoms with Crippen molar-refractivity contribution in [1.29, 1.82) is 0 Å². The van der Waals surface area contributed by atoms with Crippen LogP contribution in [-0.2, 0) is 47.5 Å². The third-order valence-electron chi connectivity index (χ3n) is 12.4. The van der Waals surface area contributed by atoms with E-state index in [0.717, 1.165) is 7.11 Å². The molecule has 3 fully saturated rings. The molecule has 13 atom stereocenters. The Morgan fingerprint density at radius 3 is 2.18 bits per heavy atom. The van der Waals surface area contributed by atoms with Crippen molar-refractivity contribution in [3.8, 4) is 11.5 Å². The summed E-state index contributed by atoms with van der Waals surface area (Å²) in [6, 6.07) is 4.86. The molecule has 0 spiro atoms. The minimum Gasteiger partial charge on any atom is -0.507 e. The smallest absolute Gasteiger partial charge is 0.316 e. The highest BCUT2D eigenvalue weighted by molar-refractivity contribution is 6.30. The lowest BCUT2D eigenvalue weighted by Crippen LogP contribution is -2.58. The van der Waals surface area contributed by atoms with Crippen LogP contribution in [0.2, 0.25) is 0 Å². The molecule has 3 saturated heterocycles. The van der Waals surface area contributed by atoms with E-state index in [4.69, 9.17) is 33.2 Å². The SMILES string of the molecule is COC(=O)[C@@H]1c2cc3c(c(O)c2[C@@H](O[C@H]2C[C@H](N(C)C)[C@H](O[C@H]4C[C@H](O)[C@H](O[C@@H]5CCC(=O)[C@H](C)O5)[C@H](C)O4)[C@H](C)O2)C[C@@]1(O)CC(C)=O)C(=O)c1c(O)cccc1C3=O. The highest BCUT2D eigenvalue weighted by atomic mass is 16.7. The van der Waals surface area contributed by atoms with Gasteiger partial charge >= 0.3 is 5.97 Å². The number of aromatic hydroxyl groups is 2. The van der Waals surface area contributed by atoms with Gasteiger partial charge in [0.2, 0.25) is 5.78 Å². The van der Waals surface area contributed by atoms with Gasteiger partial charge in [0.1, 0.15) is 41.5 Å². The Hall–Kier alpha value is -4.17. The first-order chi connectivity index (χ1) is 28.3. The topological polar surface area (TPSA) is 234 Å². The summed E-state index contributed by atoms with van der Waals surface area (Å²) in [4.78, 5) is 67.9. The first-order valence-corrected chi connectivity index (χ1v) is 20.2. The number of methoxy groups -OCH3 is 1. The second-order valence-corrected chi connectivity index (χ2v) is 16.8. The zero-order valence-electron chi connectivity index (χ0n) is 34.6. The lowest BCUT2D eigenvalue weighted by Gasteiger charge is -2.48. The number of rotatable bonds is 10. The summed E-state index contributed by atoms with van der Waals surface area (Å²) >= 11 is 0. The van der Waals surface area contributed by atoms with Crippen LogP contribution < -0.4 is 0 Å². The quantitative estimate of drug-likeness (QED) is 0.215. The van der Waals surface area contributed by atoms with Crippen LogP contribution in [-0.4, -0.2) is 143 Å². The number of phenols is 2. The van der Waals surface area contributed by atoms with Gasteiger partial charge in [-0.15, -0.1) is 0 Å². The van der Waals surface area contributed by atoms with Crippen molar-refractivity contribution in [3.63, 3.8) is 0 Å². The van der Waals surface area contributed by atoms with E-state index in [1.54, 1.807) is 20.8 Å². The highest BCUT2D eigenvalue weighted by Crippen LogP contribution is 2.54. The average molecular weight is 840 g/mol. The molecule has 326 valence electrons. The van der Waals surface area contributed by atoms with Crippen LogP contribution >= 0.6 is 0 Å². The summed E-state index contributed by atoms with van der Waals surface area (Å²) in [5.41, 5.74) is -3.36. The molecule has 3 heterocycles. The van der Waals surface area contributed by atoms with Gasteiger partial charge in [-0.1, -0.05) is 12.1 Å². The summed E-state index contributed by atoms with van der Waals surface area (Å²) in [5, 5.41) is 46.1. The second kappa shape index (κ2) is 16.9. The van der Waals surface area contributed by atoms with Crippen molar-refractivity contribution in [2.45, 2.75) is 145 Å². The number of Topliss-reactive ketones (excluding diaryl/α,β-unsaturated/α-hetero) is 2. The summed E-state index contributed by atoms with van der Waals surface area (Å²) in [6.07, 6.45) is -8.08. The Morgan fingerprint density at radius 1 is 0.883 bits per heavy atom. The van der Waals surface area contributed by atoms with Crippen LogP contribution in [0.4, 0.5) is 0 Å². The number of hydrogen-bond acceptors (Lipinski definition) is 17. The first-order valence-electron chi connectivity index (χ1n) is 20.2. The van der Waals surface area contributed by atoms with Gasteiger partial charge in [0.25, 0.3) is 0 Å². The van der Waals surface area contributed by atoms with E-state index in [1.165, 1.54) is 31.2 Å². The van der Waals surface area contributed by atoms with E-state index < -0.39 is 132 Å². The number of aliphatic hydroxyl groups excluding tert-OH is 1. The zero-order chi connectivity index (χ0) is 43.5. The molecule has 7 rings (SSSR count). The molecule has 4 N–H and O–H groups in total. The van der Waals surface area contributed by atoms with Gasteiger partial charge in [-0.05, 0) is 59.5 Å². The maximum Gasteiger partial charge on any atom is 0.316 e. The molecule has 0 amide bonds. The predicted octanol–water partition coefficient (Wildman–Crippen LogP) is 2.73. The van der Waals surface area contributed by atoms with Crippen molar-refractivity contribution in [2.24, 2.45) is 0 Å². The summed E-state index contributed by atoms with van der Waals surface area (Å²) < 4.78 is 42.5. The fraction of sp³-hybridized carbons (Fsp3) is 0.605. The zero-order valence-corrected chi connectivity index (χ0v) is 34.6. The van der Waals surface area contributed by atoms with E-state index in [9.17, 15) is 44.4 Å². The van der Waals surface area contributed by atoms with Crippen LogP contribution in [0.5, 0.6) is 11.5 Å². The van der Waals surface area contributed by atoms with Crippen molar-refractivity contribution < 1.29 is 77.6 Å². The number of fused-ring (bicyclic) bond motifs is 3. The minimum absolute atomic E-state index is 0.00629. The van der Waals surface area contributed by atoms with E-state index in [1.807, 2.05) is 19.0 Å². The van der Waals surface area contributed by atoms with Gasteiger partial charge in [-0.3, -0.25) is 24.0 Å². The maximum atomic E-state index is 14.0. The van der Waals surface area contributed by atoms with Crippen molar-refractivity contribution in [1.82, 2.24) is 4.90 Å². The molecule has 2 aliphatic carbocycles. The van der Waals surface area contributed by atoms with Gasteiger partial charge in [0, 0.05) is 61.3 Å². The summed E-state index contributed by atoms with van der Waals surface area (Å²) in [7, 11) is 4.78. The molecule has 17 nitrogen and oxygen atoms in total. The van der Waals surface area contributed by atoms with Crippen LogP contribution in [0.3, 0.4) is 0 Å². The van der Waals surface area contributed by atoms with Gasteiger partial charge < -0.3 is 58.5 Å². The molecule has 3 aliphatic heterocycles. The van der Waals surface area contributed by atoms with Crippen molar-refractivity contribution in [3.05, 3.63) is 57.6 Å². The Balaban J connectivity index is 1.16. The molecular weight excluding hydrogens is 786 g/mol. The molecule has 2 aromatic carbocycles. The number of ether oxygens (including phenoxy) is 7.